The summed E-state index contributed by atoms with van der Waals surface area (Å²) in [5.74, 6) is 0.143. The van der Waals surface area contributed by atoms with E-state index in [1.165, 1.54) is 0 Å². The first-order valence-electron chi connectivity index (χ1n) is 5.89. The molecule has 0 aliphatic carbocycles. The third-order valence-corrected chi connectivity index (χ3v) is 3.02. The first-order valence-corrected chi connectivity index (χ1v) is 5.89. The third kappa shape index (κ3) is 2.41. The number of aliphatic carboxylic acids is 1. The molecule has 1 atom stereocenters. The van der Waals surface area contributed by atoms with Crippen molar-refractivity contribution in [3.05, 3.63) is 23.8 Å². The molecule has 0 saturated carbocycles. The molecule has 1 aliphatic rings. The van der Waals surface area contributed by atoms with E-state index in [2.05, 4.69) is 0 Å². The summed E-state index contributed by atoms with van der Waals surface area (Å²) >= 11 is 0. The molecule has 5 heteroatoms. The molecule has 0 fully saturated rings. The number of hydrogen-bond donors (Lipinski definition) is 2. The van der Waals surface area contributed by atoms with Crippen LogP contribution in [-0.2, 0) is 10.4 Å². The Balaban J connectivity index is 2.33. The largest absolute Gasteiger partial charge is 0.481 e. The van der Waals surface area contributed by atoms with E-state index in [1.807, 2.05) is 6.92 Å². The molecule has 1 aromatic rings. The standard InChI is InChI=1S/C13H16O5/c1-2-5-13(16,7-12(14)15)9-3-4-10-11(6-9)18-8-17-10/h3-4,6,16H,2,5,7-8H2,1H3,(H,14,15). The lowest BCUT2D eigenvalue weighted by molar-refractivity contribution is -0.143. The van der Waals surface area contributed by atoms with Gasteiger partial charge in [0, 0.05) is 0 Å². The number of fused-ring (bicyclic) bond motifs is 1. The molecular formula is C13H16O5. The third-order valence-electron chi connectivity index (χ3n) is 3.02. The van der Waals surface area contributed by atoms with Crippen molar-refractivity contribution in [1.82, 2.24) is 0 Å². The number of rotatable bonds is 5. The molecule has 98 valence electrons. The Morgan fingerprint density at radius 1 is 1.39 bits per heavy atom. The van der Waals surface area contributed by atoms with Crippen LogP contribution in [-0.4, -0.2) is 23.0 Å². The number of carboxylic acids is 1. The Hall–Kier alpha value is -1.75. The van der Waals surface area contributed by atoms with Gasteiger partial charge in [0.15, 0.2) is 11.5 Å². The SMILES string of the molecule is CCCC(O)(CC(=O)O)c1ccc2c(c1)OCO2. The lowest BCUT2D eigenvalue weighted by Crippen LogP contribution is -2.28. The fraction of sp³-hybridized carbons (Fsp3) is 0.462. The van der Waals surface area contributed by atoms with Crippen LogP contribution in [0.25, 0.3) is 0 Å². The first kappa shape index (κ1) is 12.7. The second-order valence-electron chi connectivity index (χ2n) is 4.42. The summed E-state index contributed by atoms with van der Waals surface area (Å²) in [4.78, 5) is 10.9. The molecule has 0 radical (unpaired) electrons. The second-order valence-corrected chi connectivity index (χ2v) is 4.42. The highest BCUT2D eigenvalue weighted by atomic mass is 16.7. The molecule has 0 amide bonds. The minimum Gasteiger partial charge on any atom is -0.481 e. The van der Waals surface area contributed by atoms with E-state index >= 15 is 0 Å². The van der Waals surface area contributed by atoms with Gasteiger partial charge in [-0.3, -0.25) is 4.79 Å². The summed E-state index contributed by atoms with van der Waals surface area (Å²) in [6.07, 6.45) is 0.762. The molecule has 1 heterocycles. The topological polar surface area (TPSA) is 76.0 Å². The van der Waals surface area contributed by atoms with Crippen LogP contribution in [0, 0.1) is 0 Å². The van der Waals surface area contributed by atoms with Crippen molar-refractivity contribution in [2.45, 2.75) is 31.8 Å². The summed E-state index contributed by atoms with van der Waals surface area (Å²) in [5.41, 5.74) is -0.808. The van der Waals surface area contributed by atoms with Gasteiger partial charge in [0.05, 0.1) is 6.42 Å². The van der Waals surface area contributed by atoms with Crippen LogP contribution in [0.5, 0.6) is 11.5 Å². The van der Waals surface area contributed by atoms with Gasteiger partial charge in [-0.1, -0.05) is 19.4 Å². The van der Waals surface area contributed by atoms with Gasteiger partial charge in [0.1, 0.15) is 5.60 Å². The number of benzene rings is 1. The fourth-order valence-corrected chi connectivity index (χ4v) is 2.18. The number of ether oxygens (including phenoxy) is 2. The summed E-state index contributed by atoms with van der Waals surface area (Å²) in [5, 5.41) is 19.4. The first-order chi connectivity index (χ1) is 8.55. The Morgan fingerprint density at radius 3 is 2.78 bits per heavy atom. The zero-order chi connectivity index (χ0) is 13.2. The normalized spacial score (nSPS) is 16.3. The van der Waals surface area contributed by atoms with Crippen LogP contribution in [0.1, 0.15) is 31.7 Å². The van der Waals surface area contributed by atoms with E-state index in [9.17, 15) is 9.90 Å². The minimum atomic E-state index is -1.36. The van der Waals surface area contributed by atoms with E-state index < -0.39 is 11.6 Å². The molecule has 2 rings (SSSR count). The average molecular weight is 252 g/mol. The molecule has 0 bridgehead atoms. The minimum absolute atomic E-state index is 0.157. The average Bonchev–Trinajstić information content (AvgIpc) is 2.74. The molecule has 18 heavy (non-hydrogen) atoms. The summed E-state index contributed by atoms with van der Waals surface area (Å²) < 4.78 is 10.4. The summed E-state index contributed by atoms with van der Waals surface area (Å²) in [7, 11) is 0. The van der Waals surface area contributed by atoms with Crippen LogP contribution in [0.3, 0.4) is 0 Å². The van der Waals surface area contributed by atoms with E-state index in [1.54, 1.807) is 18.2 Å². The van der Waals surface area contributed by atoms with Gasteiger partial charge in [-0.15, -0.1) is 0 Å². The molecule has 0 aromatic heterocycles. The van der Waals surface area contributed by atoms with Crippen molar-refractivity contribution in [2.75, 3.05) is 6.79 Å². The monoisotopic (exact) mass is 252 g/mol. The Labute approximate surface area is 105 Å². The van der Waals surface area contributed by atoms with Crippen molar-refractivity contribution >= 4 is 5.97 Å². The fourth-order valence-electron chi connectivity index (χ4n) is 2.18. The highest BCUT2D eigenvalue weighted by Gasteiger charge is 2.32. The maximum absolute atomic E-state index is 10.9. The van der Waals surface area contributed by atoms with Crippen molar-refractivity contribution < 1.29 is 24.5 Å². The molecule has 2 N–H and O–H groups in total. The molecular weight excluding hydrogens is 236 g/mol. The van der Waals surface area contributed by atoms with Gasteiger partial charge in [0.25, 0.3) is 0 Å². The van der Waals surface area contributed by atoms with Gasteiger partial charge in [0.2, 0.25) is 6.79 Å². The number of hydrogen-bond acceptors (Lipinski definition) is 4. The maximum atomic E-state index is 10.9. The Morgan fingerprint density at radius 2 is 2.11 bits per heavy atom. The lowest BCUT2D eigenvalue weighted by atomic mass is 9.86. The smallest absolute Gasteiger partial charge is 0.306 e. The van der Waals surface area contributed by atoms with E-state index in [0.717, 1.165) is 0 Å². The highest BCUT2D eigenvalue weighted by Crippen LogP contribution is 2.38. The number of carboxylic acid groups (broad SMARTS) is 1. The zero-order valence-corrected chi connectivity index (χ0v) is 10.2. The van der Waals surface area contributed by atoms with E-state index in [4.69, 9.17) is 14.6 Å². The quantitative estimate of drug-likeness (QED) is 0.836. The van der Waals surface area contributed by atoms with Gasteiger partial charge < -0.3 is 19.7 Å². The molecule has 1 unspecified atom stereocenters. The van der Waals surface area contributed by atoms with E-state index in [-0.39, 0.29) is 13.2 Å². The van der Waals surface area contributed by atoms with Crippen molar-refractivity contribution in [1.29, 1.82) is 0 Å². The zero-order valence-electron chi connectivity index (χ0n) is 10.2. The van der Waals surface area contributed by atoms with Crippen LogP contribution in [0.15, 0.2) is 18.2 Å². The second kappa shape index (κ2) is 4.86. The molecule has 0 spiro atoms. The van der Waals surface area contributed by atoms with Gasteiger partial charge in [-0.05, 0) is 24.1 Å². The predicted octanol–water partition coefficient (Wildman–Crippen LogP) is 1.88. The maximum Gasteiger partial charge on any atom is 0.306 e. The van der Waals surface area contributed by atoms with Gasteiger partial charge in [-0.25, -0.2) is 0 Å². The molecule has 1 aliphatic heterocycles. The van der Waals surface area contributed by atoms with Gasteiger partial charge >= 0.3 is 5.97 Å². The van der Waals surface area contributed by atoms with Crippen molar-refractivity contribution in [2.24, 2.45) is 0 Å². The van der Waals surface area contributed by atoms with Crippen LogP contribution in [0.4, 0.5) is 0 Å². The molecule has 5 nitrogen and oxygen atoms in total. The van der Waals surface area contributed by atoms with Gasteiger partial charge in [-0.2, -0.15) is 0 Å². The molecule has 0 saturated heterocycles. The summed E-state index contributed by atoms with van der Waals surface area (Å²) in [6.45, 7) is 2.06. The number of carbonyl (C=O) groups is 1. The Kier molecular flexibility index (Phi) is 3.43. The lowest BCUT2D eigenvalue weighted by Gasteiger charge is -2.26. The number of aliphatic hydroxyl groups is 1. The Bertz CT molecular complexity index is 457. The van der Waals surface area contributed by atoms with Crippen LogP contribution < -0.4 is 9.47 Å². The van der Waals surface area contributed by atoms with E-state index in [0.29, 0.717) is 29.9 Å². The van der Waals surface area contributed by atoms with Crippen molar-refractivity contribution in [3.63, 3.8) is 0 Å². The summed E-state index contributed by atoms with van der Waals surface area (Å²) in [6, 6.07) is 5.03. The van der Waals surface area contributed by atoms with Crippen LogP contribution in [0.2, 0.25) is 0 Å². The van der Waals surface area contributed by atoms with Crippen molar-refractivity contribution in [3.8, 4) is 11.5 Å². The molecule has 1 aromatic carbocycles. The van der Waals surface area contributed by atoms with Crippen LogP contribution >= 0.6 is 0 Å². The predicted molar refractivity (Wildman–Crippen MR) is 63.6 cm³/mol. The highest BCUT2D eigenvalue weighted by molar-refractivity contribution is 5.68.